The quantitative estimate of drug-likeness (QED) is 0.238. The molecule has 0 saturated carbocycles. The maximum atomic E-state index is 4.44. The van der Waals surface area contributed by atoms with E-state index in [2.05, 4.69) is 134 Å². The third-order valence-electron chi connectivity index (χ3n) is 8.08. The molecule has 0 bridgehead atoms. The maximum Gasteiger partial charge on any atom is 0.0783 e. The van der Waals surface area contributed by atoms with Gasteiger partial charge < -0.3 is 14.0 Å². The van der Waals surface area contributed by atoms with Crippen molar-refractivity contribution in [2.75, 3.05) is 4.90 Å². The highest BCUT2D eigenvalue weighted by Gasteiger charge is 2.29. The molecule has 1 aliphatic heterocycles. The second-order valence-electron chi connectivity index (χ2n) is 10.1. The predicted octanol–water partition coefficient (Wildman–Crippen LogP) is 9.06. The van der Waals surface area contributed by atoms with Crippen LogP contribution in [0.1, 0.15) is 0 Å². The van der Waals surface area contributed by atoms with Crippen LogP contribution in [0.5, 0.6) is 0 Å². The fourth-order valence-corrected chi connectivity index (χ4v) is 6.53. The summed E-state index contributed by atoms with van der Waals surface area (Å²) < 4.78 is 4.85. The highest BCUT2D eigenvalue weighted by atomic mass is 15.2. The van der Waals surface area contributed by atoms with Crippen LogP contribution in [0.3, 0.4) is 0 Å². The van der Waals surface area contributed by atoms with E-state index in [1.165, 1.54) is 55.0 Å². The minimum atomic E-state index is 1.06. The Kier molecular flexibility index (Phi) is 4.02. The predicted molar refractivity (Wildman–Crippen MR) is 161 cm³/mol. The molecule has 0 saturated heterocycles. The second kappa shape index (κ2) is 7.59. The van der Waals surface area contributed by atoms with Crippen LogP contribution in [0.25, 0.3) is 55.0 Å². The Bertz CT molecular complexity index is 2220. The van der Waals surface area contributed by atoms with E-state index < -0.39 is 0 Å². The molecular formula is C35H22N4. The molecule has 0 spiro atoms. The van der Waals surface area contributed by atoms with Gasteiger partial charge in [0.25, 0.3) is 0 Å². The number of aromatic nitrogens is 3. The Morgan fingerprint density at radius 3 is 1.95 bits per heavy atom. The number of hydrogen-bond acceptors (Lipinski definition) is 2. The van der Waals surface area contributed by atoms with E-state index in [1.54, 1.807) is 0 Å². The van der Waals surface area contributed by atoms with E-state index >= 15 is 0 Å². The Balaban J connectivity index is 1.47. The van der Waals surface area contributed by atoms with Crippen molar-refractivity contribution >= 4 is 60.7 Å². The molecular weight excluding hydrogens is 476 g/mol. The third kappa shape index (κ3) is 2.70. The van der Waals surface area contributed by atoms with E-state index in [0.717, 1.165) is 17.1 Å². The molecule has 0 unspecified atom stereocenters. The number of pyridine rings is 1. The highest BCUT2D eigenvalue weighted by molar-refractivity contribution is 6.22. The van der Waals surface area contributed by atoms with Crippen LogP contribution in [0.15, 0.2) is 134 Å². The van der Waals surface area contributed by atoms with Crippen LogP contribution in [0.2, 0.25) is 0 Å². The highest BCUT2D eigenvalue weighted by Crippen LogP contribution is 2.50. The zero-order valence-corrected chi connectivity index (χ0v) is 21.0. The van der Waals surface area contributed by atoms with E-state index in [0.29, 0.717) is 0 Å². The van der Waals surface area contributed by atoms with E-state index in [1.807, 2.05) is 18.5 Å². The second-order valence-corrected chi connectivity index (χ2v) is 10.1. The topological polar surface area (TPSA) is 26.0 Å². The fraction of sp³-hybridized carbons (Fsp3) is 0. The van der Waals surface area contributed by atoms with Crippen molar-refractivity contribution in [1.29, 1.82) is 0 Å². The first-order valence-electron chi connectivity index (χ1n) is 13.2. The Morgan fingerprint density at radius 1 is 0.436 bits per heavy atom. The zero-order valence-electron chi connectivity index (χ0n) is 21.0. The SMILES string of the molecule is c1ccc(-n2c3ccccc3c3cc4c(cc32)c2cccc3c2n4-c2ccccc2N3c2cccnc2)cc1. The summed E-state index contributed by atoms with van der Waals surface area (Å²) in [5, 5.41) is 5.02. The molecule has 4 heterocycles. The molecule has 8 aromatic rings. The molecule has 4 heteroatoms. The number of rotatable bonds is 2. The third-order valence-corrected chi connectivity index (χ3v) is 8.08. The van der Waals surface area contributed by atoms with Gasteiger partial charge in [0.15, 0.2) is 0 Å². The maximum absolute atomic E-state index is 4.44. The van der Waals surface area contributed by atoms with Gasteiger partial charge in [0, 0.05) is 33.4 Å². The molecule has 0 fully saturated rings. The molecule has 5 aromatic carbocycles. The van der Waals surface area contributed by atoms with E-state index in [-0.39, 0.29) is 0 Å². The summed E-state index contributed by atoms with van der Waals surface area (Å²) in [6, 6.07) is 43.7. The van der Waals surface area contributed by atoms with Crippen molar-refractivity contribution < 1.29 is 0 Å². The van der Waals surface area contributed by atoms with E-state index in [9.17, 15) is 0 Å². The molecule has 1 aliphatic rings. The lowest BCUT2D eigenvalue weighted by molar-refractivity contribution is 1.11. The van der Waals surface area contributed by atoms with Gasteiger partial charge in [0.2, 0.25) is 0 Å². The van der Waals surface area contributed by atoms with Gasteiger partial charge in [0.05, 0.1) is 51.0 Å². The first-order valence-corrected chi connectivity index (χ1v) is 13.2. The zero-order chi connectivity index (χ0) is 25.5. The number of benzene rings is 5. The van der Waals surface area contributed by atoms with Crippen molar-refractivity contribution in [3.05, 3.63) is 134 Å². The first kappa shape index (κ1) is 20.7. The molecule has 0 atom stereocenters. The lowest BCUT2D eigenvalue weighted by Gasteiger charge is -2.32. The van der Waals surface area contributed by atoms with Crippen molar-refractivity contribution in [2.45, 2.75) is 0 Å². The number of para-hydroxylation sites is 5. The van der Waals surface area contributed by atoms with Crippen molar-refractivity contribution in [3.63, 3.8) is 0 Å². The van der Waals surface area contributed by atoms with Gasteiger partial charge in [-0.1, -0.05) is 60.7 Å². The number of fused-ring (bicyclic) bond motifs is 8. The summed E-state index contributed by atoms with van der Waals surface area (Å²) in [5.41, 5.74) is 10.6. The molecule has 0 aliphatic carbocycles. The van der Waals surface area contributed by atoms with Gasteiger partial charge in [0.1, 0.15) is 0 Å². The lowest BCUT2D eigenvalue weighted by atomic mass is 10.1. The molecule has 0 radical (unpaired) electrons. The normalized spacial score (nSPS) is 12.6. The average molecular weight is 499 g/mol. The number of anilines is 3. The van der Waals surface area contributed by atoms with Crippen LogP contribution in [0, 0.1) is 0 Å². The molecule has 9 rings (SSSR count). The summed E-state index contributed by atoms with van der Waals surface area (Å²) in [6.45, 7) is 0. The average Bonchev–Trinajstić information content (AvgIpc) is 3.50. The lowest BCUT2D eigenvalue weighted by Crippen LogP contribution is -2.18. The summed E-state index contributed by atoms with van der Waals surface area (Å²) in [7, 11) is 0. The van der Waals surface area contributed by atoms with Gasteiger partial charge in [-0.05, 0) is 60.7 Å². The van der Waals surface area contributed by atoms with Crippen LogP contribution < -0.4 is 4.90 Å². The minimum Gasteiger partial charge on any atom is -0.309 e. The first-order chi connectivity index (χ1) is 19.4. The van der Waals surface area contributed by atoms with Crippen molar-refractivity contribution in [3.8, 4) is 11.4 Å². The Hall–Kier alpha value is -5.35. The van der Waals surface area contributed by atoms with Gasteiger partial charge >= 0.3 is 0 Å². The molecule has 39 heavy (non-hydrogen) atoms. The molecule has 0 N–H and O–H groups in total. The van der Waals surface area contributed by atoms with Gasteiger partial charge in [-0.2, -0.15) is 0 Å². The van der Waals surface area contributed by atoms with Gasteiger partial charge in [-0.15, -0.1) is 0 Å². The molecule has 4 nitrogen and oxygen atoms in total. The fourth-order valence-electron chi connectivity index (χ4n) is 6.53. The number of nitrogens with zero attached hydrogens (tertiary/aromatic N) is 4. The molecule has 3 aromatic heterocycles. The summed E-state index contributed by atoms with van der Waals surface area (Å²) >= 11 is 0. The Labute approximate surface area is 224 Å². The minimum absolute atomic E-state index is 1.06. The van der Waals surface area contributed by atoms with Crippen LogP contribution in [0.4, 0.5) is 17.1 Å². The van der Waals surface area contributed by atoms with Crippen LogP contribution in [-0.2, 0) is 0 Å². The van der Waals surface area contributed by atoms with Gasteiger partial charge in [-0.25, -0.2) is 0 Å². The smallest absolute Gasteiger partial charge is 0.0783 e. The van der Waals surface area contributed by atoms with Crippen molar-refractivity contribution in [1.82, 2.24) is 14.1 Å². The monoisotopic (exact) mass is 498 g/mol. The standard InChI is InChI=1S/C35H22N4/c1-2-10-23(11-3-1)37-29-15-5-4-13-25(29)27-20-34-28(21-33(27)37)26-14-8-18-32-35(26)39(34)31-17-7-6-16-30(31)38(32)24-12-9-19-36-22-24/h1-22H. The summed E-state index contributed by atoms with van der Waals surface area (Å²) in [4.78, 5) is 6.78. The van der Waals surface area contributed by atoms with Crippen LogP contribution in [-0.4, -0.2) is 14.1 Å². The summed E-state index contributed by atoms with van der Waals surface area (Å²) in [5.74, 6) is 0. The van der Waals surface area contributed by atoms with E-state index in [4.69, 9.17) is 0 Å². The Morgan fingerprint density at radius 2 is 1.10 bits per heavy atom. The molecule has 0 amide bonds. The van der Waals surface area contributed by atoms with Crippen molar-refractivity contribution in [2.24, 2.45) is 0 Å². The van der Waals surface area contributed by atoms with Gasteiger partial charge in [-0.3, -0.25) is 4.98 Å². The summed E-state index contributed by atoms with van der Waals surface area (Å²) in [6.07, 6.45) is 3.77. The largest absolute Gasteiger partial charge is 0.309 e. The molecule has 182 valence electrons. The van der Waals surface area contributed by atoms with Crippen LogP contribution >= 0.6 is 0 Å². The number of hydrogen-bond donors (Lipinski definition) is 0.